The van der Waals surface area contributed by atoms with Gasteiger partial charge in [-0.3, -0.25) is 9.59 Å². The molecule has 0 radical (unpaired) electrons. The molecule has 2 aromatic rings. The SMILES string of the molecule is Cc1ccc(C(=O)N2CCC(NC(=O)CCc3ccoc3)CC2)cc1. The maximum absolute atomic E-state index is 12.5. The average molecular weight is 340 g/mol. The van der Waals surface area contributed by atoms with E-state index in [4.69, 9.17) is 4.42 Å². The molecule has 1 saturated heterocycles. The van der Waals surface area contributed by atoms with E-state index >= 15 is 0 Å². The lowest BCUT2D eigenvalue weighted by Gasteiger charge is -2.32. The van der Waals surface area contributed by atoms with Crippen molar-refractivity contribution in [2.24, 2.45) is 0 Å². The van der Waals surface area contributed by atoms with E-state index in [-0.39, 0.29) is 17.9 Å². The molecular formula is C20H24N2O3. The van der Waals surface area contributed by atoms with Gasteiger partial charge in [-0.15, -0.1) is 0 Å². The third-order valence-electron chi connectivity index (χ3n) is 4.67. The van der Waals surface area contributed by atoms with Crippen molar-refractivity contribution in [2.75, 3.05) is 13.1 Å². The minimum absolute atomic E-state index is 0.0597. The van der Waals surface area contributed by atoms with Gasteiger partial charge in [-0.05, 0) is 49.9 Å². The number of hydrogen-bond donors (Lipinski definition) is 1. The first kappa shape index (κ1) is 17.3. The van der Waals surface area contributed by atoms with Gasteiger partial charge in [0.05, 0.1) is 12.5 Å². The molecule has 0 bridgehead atoms. The van der Waals surface area contributed by atoms with Gasteiger partial charge in [0.15, 0.2) is 0 Å². The fraction of sp³-hybridized carbons (Fsp3) is 0.400. The average Bonchev–Trinajstić information content (AvgIpc) is 3.14. The van der Waals surface area contributed by atoms with Gasteiger partial charge in [-0.25, -0.2) is 0 Å². The van der Waals surface area contributed by atoms with Gasteiger partial charge < -0.3 is 14.6 Å². The highest BCUT2D eigenvalue weighted by Gasteiger charge is 2.24. The number of carbonyl (C=O) groups excluding carboxylic acids is 2. The molecule has 1 aromatic carbocycles. The van der Waals surface area contributed by atoms with Crippen LogP contribution < -0.4 is 5.32 Å². The summed E-state index contributed by atoms with van der Waals surface area (Å²) in [4.78, 5) is 26.4. The summed E-state index contributed by atoms with van der Waals surface area (Å²) in [6, 6.07) is 9.70. The summed E-state index contributed by atoms with van der Waals surface area (Å²) in [5.74, 6) is 0.134. The Kier molecular flexibility index (Phi) is 5.53. The summed E-state index contributed by atoms with van der Waals surface area (Å²) in [6.07, 6.45) is 6.04. The standard InChI is InChI=1S/C20H24N2O3/c1-15-2-5-17(6-3-15)20(24)22-11-8-18(9-12-22)21-19(23)7-4-16-10-13-25-14-16/h2-3,5-6,10,13-14,18H,4,7-9,11-12H2,1H3,(H,21,23). The number of likely N-dealkylation sites (tertiary alicyclic amines) is 1. The molecule has 0 spiro atoms. The first-order chi connectivity index (χ1) is 12.1. The van der Waals surface area contributed by atoms with Crippen molar-refractivity contribution >= 4 is 11.8 Å². The highest BCUT2D eigenvalue weighted by molar-refractivity contribution is 5.94. The van der Waals surface area contributed by atoms with Gasteiger partial charge in [0.25, 0.3) is 5.91 Å². The van der Waals surface area contributed by atoms with Crippen molar-refractivity contribution in [1.29, 1.82) is 0 Å². The number of hydrogen-bond acceptors (Lipinski definition) is 3. The zero-order valence-corrected chi connectivity index (χ0v) is 14.5. The van der Waals surface area contributed by atoms with Crippen LogP contribution in [0.3, 0.4) is 0 Å². The topological polar surface area (TPSA) is 62.6 Å². The van der Waals surface area contributed by atoms with Crippen molar-refractivity contribution in [3.63, 3.8) is 0 Å². The number of piperidine rings is 1. The fourth-order valence-corrected chi connectivity index (χ4v) is 3.10. The summed E-state index contributed by atoms with van der Waals surface area (Å²) in [6.45, 7) is 3.37. The molecule has 1 aliphatic rings. The minimum atomic E-state index is 0.0597. The lowest BCUT2D eigenvalue weighted by Crippen LogP contribution is -2.46. The Morgan fingerprint density at radius 1 is 1.16 bits per heavy atom. The number of aryl methyl sites for hydroxylation is 2. The predicted molar refractivity (Wildman–Crippen MR) is 95.3 cm³/mol. The largest absolute Gasteiger partial charge is 0.472 e. The molecule has 0 unspecified atom stereocenters. The van der Waals surface area contributed by atoms with E-state index in [9.17, 15) is 9.59 Å². The van der Waals surface area contributed by atoms with Gasteiger partial charge in [-0.2, -0.15) is 0 Å². The van der Waals surface area contributed by atoms with Gasteiger partial charge in [0.2, 0.25) is 5.91 Å². The third kappa shape index (κ3) is 4.72. The molecule has 1 aromatic heterocycles. The summed E-state index contributed by atoms with van der Waals surface area (Å²) in [5, 5.41) is 3.08. The van der Waals surface area contributed by atoms with E-state index < -0.39 is 0 Å². The van der Waals surface area contributed by atoms with Gasteiger partial charge in [0.1, 0.15) is 0 Å². The van der Waals surface area contributed by atoms with E-state index in [1.807, 2.05) is 42.2 Å². The maximum Gasteiger partial charge on any atom is 0.253 e. The van der Waals surface area contributed by atoms with E-state index in [1.165, 1.54) is 0 Å². The molecule has 1 N–H and O–H groups in total. The molecule has 0 atom stereocenters. The second-order valence-electron chi connectivity index (χ2n) is 6.63. The van der Waals surface area contributed by atoms with Crippen molar-refractivity contribution < 1.29 is 14.0 Å². The highest BCUT2D eigenvalue weighted by Crippen LogP contribution is 2.15. The fourth-order valence-electron chi connectivity index (χ4n) is 3.10. The van der Waals surface area contributed by atoms with Gasteiger partial charge in [-0.1, -0.05) is 17.7 Å². The number of furan rings is 1. The van der Waals surface area contributed by atoms with Crippen molar-refractivity contribution in [3.8, 4) is 0 Å². The summed E-state index contributed by atoms with van der Waals surface area (Å²) in [7, 11) is 0. The second-order valence-corrected chi connectivity index (χ2v) is 6.63. The zero-order chi connectivity index (χ0) is 17.6. The van der Waals surface area contributed by atoms with Crippen LogP contribution in [0.25, 0.3) is 0 Å². The number of rotatable bonds is 5. The predicted octanol–water partition coefficient (Wildman–Crippen LogP) is 2.94. The van der Waals surface area contributed by atoms with Crippen LogP contribution in [-0.4, -0.2) is 35.8 Å². The quantitative estimate of drug-likeness (QED) is 0.910. The number of nitrogens with one attached hydrogen (secondary N) is 1. The maximum atomic E-state index is 12.5. The van der Waals surface area contributed by atoms with Crippen LogP contribution in [0, 0.1) is 6.92 Å². The van der Waals surface area contributed by atoms with Gasteiger partial charge in [0, 0.05) is 31.1 Å². The van der Waals surface area contributed by atoms with E-state index in [0.29, 0.717) is 25.9 Å². The molecule has 0 saturated carbocycles. The Bertz CT molecular complexity index is 699. The van der Waals surface area contributed by atoms with Crippen molar-refractivity contribution in [2.45, 2.75) is 38.6 Å². The monoisotopic (exact) mass is 340 g/mol. The number of carbonyl (C=O) groups is 2. The van der Waals surface area contributed by atoms with Crippen LogP contribution >= 0.6 is 0 Å². The molecule has 1 fully saturated rings. The van der Waals surface area contributed by atoms with Crippen molar-refractivity contribution in [1.82, 2.24) is 10.2 Å². The Hall–Kier alpha value is -2.56. The first-order valence-corrected chi connectivity index (χ1v) is 8.78. The molecule has 5 nitrogen and oxygen atoms in total. The molecule has 3 rings (SSSR count). The molecule has 0 aliphatic carbocycles. The summed E-state index contributed by atoms with van der Waals surface area (Å²) < 4.78 is 5.00. The van der Waals surface area contributed by atoms with Crippen LogP contribution in [0.5, 0.6) is 0 Å². The normalized spacial score (nSPS) is 15.2. The molecule has 2 amide bonds. The molecule has 2 heterocycles. The number of benzene rings is 1. The second kappa shape index (κ2) is 8.01. The van der Waals surface area contributed by atoms with Gasteiger partial charge >= 0.3 is 0 Å². The molecule has 25 heavy (non-hydrogen) atoms. The first-order valence-electron chi connectivity index (χ1n) is 8.78. The van der Waals surface area contributed by atoms with E-state index in [1.54, 1.807) is 12.5 Å². The number of amides is 2. The molecule has 1 aliphatic heterocycles. The lowest BCUT2D eigenvalue weighted by molar-refractivity contribution is -0.122. The van der Waals surface area contributed by atoms with Crippen LogP contribution in [0.2, 0.25) is 0 Å². The Morgan fingerprint density at radius 3 is 2.52 bits per heavy atom. The minimum Gasteiger partial charge on any atom is -0.472 e. The Balaban J connectivity index is 1.42. The highest BCUT2D eigenvalue weighted by atomic mass is 16.3. The third-order valence-corrected chi connectivity index (χ3v) is 4.67. The van der Waals surface area contributed by atoms with Crippen LogP contribution in [0.4, 0.5) is 0 Å². The molecule has 5 heteroatoms. The van der Waals surface area contributed by atoms with Crippen LogP contribution in [0.15, 0.2) is 47.3 Å². The summed E-state index contributed by atoms with van der Waals surface area (Å²) in [5.41, 5.74) is 2.91. The van der Waals surface area contributed by atoms with E-state index in [2.05, 4.69) is 5.32 Å². The zero-order valence-electron chi connectivity index (χ0n) is 14.5. The van der Waals surface area contributed by atoms with E-state index in [0.717, 1.165) is 29.5 Å². The molecular weight excluding hydrogens is 316 g/mol. The Morgan fingerprint density at radius 2 is 1.88 bits per heavy atom. The summed E-state index contributed by atoms with van der Waals surface area (Å²) >= 11 is 0. The Labute approximate surface area is 148 Å². The molecule has 132 valence electrons. The van der Waals surface area contributed by atoms with Crippen molar-refractivity contribution in [3.05, 3.63) is 59.5 Å². The van der Waals surface area contributed by atoms with Crippen LogP contribution in [0.1, 0.15) is 40.7 Å². The smallest absolute Gasteiger partial charge is 0.253 e. The number of nitrogens with zero attached hydrogens (tertiary/aromatic N) is 1. The lowest BCUT2D eigenvalue weighted by atomic mass is 10.0. The van der Waals surface area contributed by atoms with Crippen LogP contribution in [-0.2, 0) is 11.2 Å².